The van der Waals surface area contributed by atoms with Gasteiger partial charge in [-0.1, -0.05) is 18.2 Å². The molecule has 0 aliphatic carbocycles. The number of anilines is 1. The molecule has 0 radical (unpaired) electrons. The molecule has 1 amide bonds. The first-order valence-electron chi connectivity index (χ1n) is 9.42. The molecule has 5 nitrogen and oxygen atoms in total. The van der Waals surface area contributed by atoms with Crippen molar-refractivity contribution in [3.63, 3.8) is 0 Å². The highest BCUT2D eigenvalue weighted by molar-refractivity contribution is 7.99. The minimum Gasteiger partial charge on any atom is -0.497 e. The SMILES string of the molecule is COc1ccc(N2CC[NH+](CC(=O)NCCSc3ccccc3)CC2)cc1. The van der Waals surface area contributed by atoms with E-state index in [0.717, 1.165) is 37.7 Å². The highest BCUT2D eigenvalue weighted by atomic mass is 32.2. The van der Waals surface area contributed by atoms with Crippen molar-refractivity contribution in [3.8, 4) is 5.75 Å². The summed E-state index contributed by atoms with van der Waals surface area (Å²) in [7, 11) is 1.68. The number of hydrogen-bond acceptors (Lipinski definition) is 4. The number of quaternary nitrogens is 1. The summed E-state index contributed by atoms with van der Waals surface area (Å²) in [6.07, 6.45) is 0. The van der Waals surface area contributed by atoms with Gasteiger partial charge >= 0.3 is 0 Å². The lowest BCUT2D eigenvalue weighted by Crippen LogP contribution is -3.16. The van der Waals surface area contributed by atoms with Crippen molar-refractivity contribution < 1.29 is 14.4 Å². The maximum Gasteiger partial charge on any atom is 0.275 e. The van der Waals surface area contributed by atoms with Crippen molar-refractivity contribution in [2.75, 3.05) is 57.0 Å². The van der Waals surface area contributed by atoms with Gasteiger partial charge in [-0.3, -0.25) is 4.79 Å². The van der Waals surface area contributed by atoms with Gasteiger partial charge in [0.1, 0.15) is 5.75 Å². The van der Waals surface area contributed by atoms with Gasteiger partial charge in [-0.15, -0.1) is 11.8 Å². The number of methoxy groups -OCH3 is 1. The molecule has 6 heteroatoms. The van der Waals surface area contributed by atoms with Gasteiger partial charge in [-0.2, -0.15) is 0 Å². The highest BCUT2D eigenvalue weighted by Crippen LogP contribution is 2.19. The third-order valence-corrected chi connectivity index (χ3v) is 5.77. The molecular formula is C21H28N3O2S+. The number of ether oxygens (including phenoxy) is 1. The number of carbonyl (C=O) groups excluding carboxylic acids is 1. The lowest BCUT2D eigenvalue weighted by atomic mass is 10.2. The molecule has 1 aliphatic rings. The van der Waals surface area contributed by atoms with E-state index >= 15 is 0 Å². The van der Waals surface area contributed by atoms with Gasteiger partial charge in [0.25, 0.3) is 5.91 Å². The van der Waals surface area contributed by atoms with E-state index in [1.165, 1.54) is 15.5 Å². The third-order valence-electron chi connectivity index (χ3n) is 4.75. The molecule has 2 aromatic carbocycles. The molecular weight excluding hydrogens is 358 g/mol. The second-order valence-corrected chi connectivity index (χ2v) is 7.79. The van der Waals surface area contributed by atoms with Crippen LogP contribution in [0.5, 0.6) is 5.75 Å². The zero-order valence-electron chi connectivity index (χ0n) is 15.8. The van der Waals surface area contributed by atoms with E-state index < -0.39 is 0 Å². The van der Waals surface area contributed by atoms with Gasteiger partial charge in [-0.25, -0.2) is 0 Å². The van der Waals surface area contributed by atoms with Gasteiger partial charge in [0.2, 0.25) is 0 Å². The lowest BCUT2D eigenvalue weighted by Gasteiger charge is -2.33. The quantitative estimate of drug-likeness (QED) is 0.531. The first-order valence-corrected chi connectivity index (χ1v) is 10.4. The van der Waals surface area contributed by atoms with Crippen LogP contribution in [0.1, 0.15) is 0 Å². The fourth-order valence-corrected chi connectivity index (χ4v) is 4.01. The lowest BCUT2D eigenvalue weighted by molar-refractivity contribution is -0.892. The average Bonchev–Trinajstić information content (AvgIpc) is 2.73. The van der Waals surface area contributed by atoms with E-state index in [1.807, 2.05) is 30.3 Å². The minimum absolute atomic E-state index is 0.150. The molecule has 0 bridgehead atoms. The Balaban J connectivity index is 1.33. The van der Waals surface area contributed by atoms with Gasteiger partial charge in [-0.05, 0) is 36.4 Å². The Bertz CT molecular complexity index is 701. The molecule has 2 aromatic rings. The Kier molecular flexibility index (Phi) is 7.42. The summed E-state index contributed by atoms with van der Waals surface area (Å²) in [4.78, 5) is 17.1. The number of amides is 1. The molecule has 0 spiro atoms. The van der Waals surface area contributed by atoms with Crippen molar-refractivity contribution in [2.45, 2.75) is 4.90 Å². The van der Waals surface area contributed by atoms with Gasteiger partial charge < -0.3 is 19.9 Å². The number of thioether (sulfide) groups is 1. The Labute approximate surface area is 165 Å². The number of benzene rings is 2. The number of piperazine rings is 1. The van der Waals surface area contributed by atoms with Crippen LogP contribution in [-0.4, -0.2) is 58.0 Å². The van der Waals surface area contributed by atoms with Crippen molar-refractivity contribution in [1.82, 2.24) is 5.32 Å². The molecule has 1 fully saturated rings. The zero-order valence-corrected chi connectivity index (χ0v) is 16.6. The molecule has 1 heterocycles. The van der Waals surface area contributed by atoms with Crippen molar-refractivity contribution in [1.29, 1.82) is 0 Å². The molecule has 3 rings (SSSR count). The van der Waals surface area contributed by atoms with Crippen LogP contribution in [0.2, 0.25) is 0 Å². The molecule has 0 atom stereocenters. The smallest absolute Gasteiger partial charge is 0.275 e. The second kappa shape index (κ2) is 10.2. The summed E-state index contributed by atoms with van der Waals surface area (Å²) in [6.45, 7) is 5.18. The molecule has 1 aliphatic heterocycles. The van der Waals surface area contributed by atoms with Gasteiger partial charge in [0, 0.05) is 22.9 Å². The molecule has 2 N–H and O–H groups in total. The number of nitrogens with zero attached hydrogens (tertiary/aromatic N) is 1. The summed E-state index contributed by atoms with van der Waals surface area (Å²) in [5, 5.41) is 3.05. The topological polar surface area (TPSA) is 46.0 Å². The van der Waals surface area contributed by atoms with E-state index in [9.17, 15) is 4.79 Å². The fourth-order valence-electron chi connectivity index (χ4n) is 3.22. The van der Waals surface area contributed by atoms with Gasteiger partial charge in [0.05, 0.1) is 33.3 Å². The normalized spacial score (nSPS) is 14.8. The van der Waals surface area contributed by atoms with Crippen molar-refractivity contribution >= 4 is 23.4 Å². The molecule has 27 heavy (non-hydrogen) atoms. The van der Waals surface area contributed by atoms with Crippen LogP contribution in [0.25, 0.3) is 0 Å². The number of rotatable bonds is 8. The Morgan fingerprint density at radius 1 is 1.11 bits per heavy atom. The number of carbonyl (C=O) groups is 1. The molecule has 144 valence electrons. The maximum absolute atomic E-state index is 12.2. The standard InChI is InChI=1S/C21H27N3O2S/c1-26-19-9-7-18(8-10-19)24-14-12-23(13-15-24)17-21(25)22-11-16-27-20-5-3-2-4-6-20/h2-10H,11-17H2,1H3,(H,22,25)/p+1. The van der Waals surface area contributed by atoms with Crippen LogP contribution in [-0.2, 0) is 4.79 Å². The predicted molar refractivity (Wildman–Crippen MR) is 111 cm³/mol. The van der Waals surface area contributed by atoms with E-state index in [4.69, 9.17) is 4.74 Å². The fraction of sp³-hybridized carbons (Fsp3) is 0.381. The van der Waals surface area contributed by atoms with Gasteiger partial charge in [0.15, 0.2) is 6.54 Å². The van der Waals surface area contributed by atoms with Crippen LogP contribution in [0.15, 0.2) is 59.5 Å². The van der Waals surface area contributed by atoms with Crippen LogP contribution in [0, 0.1) is 0 Å². The first-order chi connectivity index (χ1) is 13.2. The summed E-state index contributed by atoms with van der Waals surface area (Å²) in [6, 6.07) is 18.5. The summed E-state index contributed by atoms with van der Waals surface area (Å²) >= 11 is 1.77. The van der Waals surface area contributed by atoms with Crippen molar-refractivity contribution in [2.24, 2.45) is 0 Å². The monoisotopic (exact) mass is 386 g/mol. The summed E-state index contributed by atoms with van der Waals surface area (Å²) in [5.74, 6) is 1.93. The third kappa shape index (κ3) is 6.19. The first kappa shape index (κ1) is 19.6. The Morgan fingerprint density at radius 3 is 2.48 bits per heavy atom. The van der Waals surface area contributed by atoms with E-state index in [-0.39, 0.29) is 5.91 Å². The Morgan fingerprint density at radius 2 is 1.81 bits per heavy atom. The van der Waals surface area contributed by atoms with Crippen molar-refractivity contribution in [3.05, 3.63) is 54.6 Å². The summed E-state index contributed by atoms with van der Waals surface area (Å²) < 4.78 is 5.21. The molecule has 0 aromatic heterocycles. The van der Waals surface area contributed by atoms with E-state index in [1.54, 1.807) is 18.9 Å². The average molecular weight is 387 g/mol. The van der Waals surface area contributed by atoms with Crippen LogP contribution < -0.4 is 19.9 Å². The maximum atomic E-state index is 12.2. The zero-order chi connectivity index (χ0) is 18.9. The number of nitrogens with one attached hydrogen (secondary N) is 2. The van der Waals surface area contributed by atoms with Crippen LogP contribution in [0.4, 0.5) is 5.69 Å². The van der Waals surface area contributed by atoms with Crippen LogP contribution >= 0.6 is 11.8 Å². The number of hydrogen-bond donors (Lipinski definition) is 2. The molecule has 0 saturated carbocycles. The molecule has 1 saturated heterocycles. The largest absolute Gasteiger partial charge is 0.497 e. The van der Waals surface area contributed by atoms with Crippen LogP contribution in [0.3, 0.4) is 0 Å². The summed E-state index contributed by atoms with van der Waals surface area (Å²) in [5.41, 5.74) is 1.22. The Hall–Kier alpha value is -2.18. The molecule has 0 unspecified atom stereocenters. The highest BCUT2D eigenvalue weighted by Gasteiger charge is 2.22. The second-order valence-electron chi connectivity index (χ2n) is 6.62. The van der Waals surface area contributed by atoms with E-state index in [2.05, 4.69) is 34.5 Å². The predicted octanol–water partition coefficient (Wildman–Crippen LogP) is 1.31. The minimum atomic E-state index is 0.150. The van der Waals surface area contributed by atoms with E-state index in [0.29, 0.717) is 13.1 Å².